The number of ether oxygens (including phenoxy) is 1. The van der Waals surface area contributed by atoms with Gasteiger partial charge in [-0.2, -0.15) is 0 Å². The smallest absolute Gasteiger partial charge is 0.410 e. The molecule has 3 nitrogen and oxygen atoms in total. The van der Waals surface area contributed by atoms with Gasteiger partial charge in [0.25, 0.3) is 0 Å². The maximum absolute atomic E-state index is 12.1. The van der Waals surface area contributed by atoms with Crippen LogP contribution < -0.4 is 10.1 Å². The second-order valence-electron chi connectivity index (χ2n) is 6.72. The Morgan fingerprint density at radius 2 is 1.78 bits per heavy atom. The molecule has 122 valence electrons. The van der Waals surface area contributed by atoms with E-state index in [2.05, 4.69) is 26.1 Å². The molecule has 23 heavy (non-hydrogen) atoms. The second-order valence-corrected chi connectivity index (χ2v) is 7.13. The Labute approximate surface area is 142 Å². The molecular formula is C19H22ClNO2. The lowest BCUT2D eigenvalue weighted by Gasteiger charge is -2.21. The summed E-state index contributed by atoms with van der Waals surface area (Å²) in [4.78, 5) is 12.1. The van der Waals surface area contributed by atoms with Crippen molar-refractivity contribution in [2.24, 2.45) is 0 Å². The lowest BCUT2D eigenvalue weighted by atomic mass is 9.87. The number of anilines is 1. The zero-order valence-electron chi connectivity index (χ0n) is 14.2. The van der Waals surface area contributed by atoms with E-state index in [9.17, 15) is 4.79 Å². The normalized spacial score (nSPS) is 11.2. The van der Waals surface area contributed by atoms with Gasteiger partial charge in [0.2, 0.25) is 0 Å². The molecule has 0 atom stereocenters. The molecule has 0 aromatic heterocycles. The molecule has 0 unspecified atom stereocenters. The maximum atomic E-state index is 12.1. The van der Waals surface area contributed by atoms with Gasteiger partial charge in [-0.15, -0.1) is 0 Å². The molecule has 0 aliphatic heterocycles. The highest BCUT2D eigenvalue weighted by Crippen LogP contribution is 2.32. The standard InChI is InChI=1S/C19H22ClNO2/c1-12-6-9-17(13(2)10-12)21-18(22)23-14-7-8-16(20)15(11-14)19(3,4)5/h6-11H,1-5H3,(H,21,22). The van der Waals surface area contributed by atoms with Crippen molar-refractivity contribution in [2.45, 2.75) is 40.0 Å². The lowest BCUT2D eigenvalue weighted by molar-refractivity contribution is 0.215. The number of rotatable bonds is 2. The van der Waals surface area contributed by atoms with Crippen LogP contribution in [-0.2, 0) is 5.41 Å². The number of carbonyl (C=O) groups excluding carboxylic acids is 1. The fourth-order valence-electron chi connectivity index (χ4n) is 2.34. The van der Waals surface area contributed by atoms with Crippen molar-refractivity contribution in [2.75, 3.05) is 5.32 Å². The van der Waals surface area contributed by atoms with Gasteiger partial charge < -0.3 is 4.74 Å². The van der Waals surface area contributed by atoms with E-state index in [1.54, 1.807) is 12.1 Å². The zero-order valence-corrected chi connectivity index (χ0v) is 14.9. The fraction of sp³-hybridized carbons (Fsp3) is 0.316. The average Bonchev–Trinajstić information content (AvgIpc) is 2.43. The molecule has 0 saturated carbocycles. The quantitative estimate of drug-likeness (QED) is 0.747. The summed E-state index contributed by atoms with van der Waals surface area (Å²) in [5.41, 5.74) is 3.70. The number of hydrogen-bond donors (Lipinski definition) is 1. The molecule has 0 heterocycles. The van der Waals surface area contributed by atoms with E-state index in [1.807, 2.05) is 38.1 Å². The first-order chi connectivity index (χ1) is 10.7. The summed E-state index contributed by atoms with van der Waals surface area (Å²) in [5.74, 6) is 0.474. The number of nitrogens with one attached hydrogen (secondary N) is 1. The van der Waals surface area contributed by atoms with Crippen molar-refractivity contribution in [3.63, 3.8) is 0 Å². The second kappa shape index (κ2) is 6.63. The van der Waals surface area contributed by atoms with Gasteiger partial charge in [0.1, 0.15) is 5.75 Å². The summed E-state index contributed by atoms with van der Waals surface area (Å²) >= 11 is 6.23. The number of amides is 1. The summed E-state index contributed by atoms with van der Waals surface area (Å²) in [5, 5.41) is 3.43. The number of carbonyl (C=O) groups is 1. The van der Waals surface area contributed by atoms with E-state index >= 15 is 0 Å². The molecule has 4 heteroatoms. The van der Waals surface area contributed by atoms with Crippen LogP contribution in [0.1, 0.15) is 37.5 Å². The van der Waals surface area contributed by atoms with E-state index < -0.39 is 6.09 Å². The minimum absolute atomic E-state index is 0.125. The molecule has 0 aliphatic carbocycles. The van der Waals surface area contributed by atoms with Crippen molar-refractivity contribution >= 4 is 23.4 Å². The van der Waals surface area contributed by atoms with Gasteiger partial charge in [0.05, 0.1) is 0 Å². The van der Waals surface area contributed by atoms with E-state index in [0.717, 1.165) is 22.4 Å². The topological polar surface area (TPSA) is 38.3 Å². The van der Waals surface area contributed by atoms with Gasteiger partial charge >= 0.3 is 6.09 Å². The summed E-state index contributed by atoms with van der Waals surface area (Å²) in [6.45, 7) is 10.1. The SMILES string of the molecule is Cc1ccc(NC(=O)Oc2ccc(Cl)c(C(C)(C)C)c2)c(C)c1. The van der Waals surface area contributed by atoms with Crippen molar-refractivity contribution in [3.05, 3.63) is 58.1 Å². The Bertz CT molecular complexity index is 733. The van der Waals surface area contributed by atoms with Crippen LogP contribution >= 0.6 is 11.6 Å². The highest BCUT2D eigenvalue weighted by Gasteiger charge is 2.19. The Balaban J connectivity index is 2.14. The van der Waals surface area contributed by atoms with Crippen LogP contribution in [0.25, 0.3) is 0 Å². The predicted molar refractivity (Wildman–Crippen MR) is 95.7 cm³/mol. The monoisotopic (exact) mass is 331 g/mol. The van der Waals surface area contributed by atoms with Crippen LogP contribution in [0.2, 0.25) is 5.02 Å². The molecule has 0 radical (unpaired) electrons. The highest BCUT2D eigenvalue weighted by atomic mass is 35.5. The molecule has 1 N–H and O–H groups in total. The summed E-state index contributed by atoms with van der Waals surface area (Å²) in [7, 11) is 0. The minimum Gasteiger partial charge on any atom is -0.410 e. The van der Waals surface area contributed by atoms with Gasteiger partial charge in [0.15, 0.2) is 0 Å². The summed E-state index contributed by atoms with van der Waals surface area (Å²) < 4.78 is 5.39. The Hall–Kier alpha value is -2.00. The van der Waals surface area contributed by atoms with E-state index in [1.165, 1.54) is 0 Å². The predicted octanol–water partition coefficient (Wildman–Crippen LogP) is 5.87. The molecule has 2 rings (SSSR count). The number of aryl methyl sites for hydroxylation is 2. The van der Waals surface area contributed by atoms with Crippen LogP contribution in [0.4, 0.5) is 10.5 Å². The molecule has 0 fully saturated rings. The zero-order chi connectivity index (χ0) is 17.2. The Morgan fingerprint density at radius 1 is 1.09 bits per heavy atom. The van der Waals surface area contributed by atoms with E-state index in [4.69, 9.17) is 16.3 Å². The third-order valence-electron chi connectivity index (χ3n) is 3.58. The van der Waals surface area contributed by atoms with E-state index in [0.29, 0.717) is 10.8 Å². The Morgan fingerprint density at radius 3 is 2.39 bits per heavy atom. The van der Waals surface area contributed by atoms with Crippen LogP contribution in [0, 0.1) is 13.8 Å². The van der Waals surface area contributed by atoms with Crippen LogP contribution in [0.5, 0.6) is 5.75 Å². The van der Waals surface area contributed by atoms with Crippen LogP contribution in [0.3, 0.4) is 0 Å². The van der Waals surface area contributed by atoms with E-state index in [-0.39, 0.29) is 5.41 Å². The molecule has 0 bridgehead atoms. The van der Waals surface area contributed by atoms with Gasteiger partial charge in [-0.1, -0.05) is 50.1 Å². The largest absolute Gasteiger partial charge is 0.417 e. The van der Waals surface area contributed by atoms with Gasteiger partial charge in [-0.25, -0.2) is 4.79 Å². The molecule has 1 amide bonds. The van der Waals surface area contributed by atoms with Gasteiger partial charge in [-0.3, -0.25) is 5.32 Å². The first kappa shape index (κ1) is 17.4. The molecule has 2 aromatic rings. The van der Waals surface area contributed by atoms with Crippen molar-refractivity contribution in [3.8, 4) is 5.75 Å². The van der Waals surface area contributed by atoms with Crippen molar-refractivity contribution in [1.29, 1.82) is 0 Å². The maximum Gasteiger partial charge on any atom is 0.417 e. The minimum atomic E-state index is -0.515. The summed E-state index contributed by atoms with van der Waals surface area (Å²) in [6.07, 6.45) is -0.515. The molecule has 2 aromatic carbocycles. The third-order valence-corrected chi connectivity index (χ3v) is 3.90. The van der Waals surface area contributed by atoms with Crippen LogP contribution in [-0.4, -0.2) is 6.09 Å². The van der Waals surface area contributed by atoms with Gasteiger partial charge in [0, 0.05) is 10.7 Å². The first-order valence-corrected chi connectivity index (χ1v) is 7.91. The molecule has 0 spiro atoms. The number of hydrogen-bond acceptors (Lipinski definition) is 2. The fourth-order valence-corrected chi connectivity index (χ4v) is 2.74. The molecular weight excluding hydrogens is 310 g/mol. The first-order valence-electron chi connectivity index (χ1n) is 7.53. The Kier molecular flexibility index (Phi) is 5.00. The van der Waals surface area contributed by atoms with Crippen LogP contribution in [0.15, 0.2) is 36.4 Å². The summed E-state index contributed by atoms with van der Waals surface area (Å²) in [6, 6.07) is 11.1. The molecule has 0 aliphatic rings. The van der Waals surface area contributed by atoms with Crippen molar-refractivity contribution < 1.29 is 9.53 Å². The molecule has 0 saturated heterocycles. The highest BCUT2D eigenvalue weighted by molar-refractivity contribution is 6.31. The average molecular weight is 332 g/mol. The van der Waals surface area contributed by atoms with Gasteiger partial charge in [-0.05, 0) is 54.7 Å². The number of benzene rings is 2. The number of halogens is 1. The van der Waals surface area contributed by atoms with Crippen molar-refractivity contribution in [1.82, 2.24) is 0 Å². The lowest BCUT2D eigenvalue weighted by Crippen LogP contribution is -2.18. The third kappa shape index (κ3) is 4.49.